The van der Waals surface area contributed by atoms with Crippen molar-refractivity contribution in [3.8, 4) is 0 Å². The molecule has 0 bridgehead atoms. The number of hydrogen-bond acceptors (Lipinski definition) is 6. The van der Waals surface area contributed by atoms with Gasteiger partial charge in [-0.2, -0.15) is 0 Å². The lowest BCUT2D eigenvalue weighted by atomic mass is 9.81. The molecule has 1 aliphatic carbocycles. The van der Waals surface area contributed by atoms with Crippen molar-refractivity contribution in [1.29, 1.82) is 0 Å². The zero-order chi connectivity index (χ0) is 16.3. The molecule has 0 saturated carbocycles. The second kappa shape index (κ2) is 4.41. The Morgan fingerprint density at radius 1 is 1.27 bits per heavy atom. The van der Waals surface area contributed by atoms with Crippen molar-refractivity contribution in [2.24, 2.45) is 0 Å². The molecule has 0 saturated heterocycles. The van der Waals surface area contributed by atoms with Crippen LogP contribution in [0.5, 0.6) is 0 Å². The summed E-state index contributed by atoms with van der Waals surface area (Å²) in [6.45, 7) is 3.71. The Hall–Kier alpha value is -1.70. The molecule has 1 aliphatic heterocycles. The predicted molar refractivity (Wildman–Crippen MR) is 76.4 cm³/mol. The van der Waals surface area contributed by atoms with Crippen molar-refractivity contribution in [1.82, 2.24) is 0 Å². The molecular weight excluding hydrogens is 308 g/mol. The zero-order valence-electron chi connectivity index (χ0n) is 12.1. The van der Waals surface area contributed by atoms with Gasteiger partial charge >= 0.3 is 0 Å². The molecule has 2 aliphatic rings. The molecule has 0 aromatic heterocycles. The van der Waals surface area contributed by atoms with Gasteiger partial charge in [0.05, 0.1) is 0 Å². The van der Waals surface area contributed by atoms with E-state index in [4.69, 9.17) is 4.74 Å². The maximum absolute atomic E-state index is 12.5. The molecule has 1 unspecified atom stereocenters. The third-order valence-corrected chi connectivity index (χ3v) is 5.24. The molecule has 1 aromatic carbocycles. The molecule has 0 amide bonds. The molecule has 1 aromatic rings. The lowest BCUT2D eigenvalue weighted by Gasteiger charge is -2.41. The van der Waals surface area contributed by atoms with Crippen molar-refractivity contribution in [3.05, 3.63) is 41.0 Å². The first-order chi connectivity index (χ1) is 10.1. The van der Waals surface area contributed by atoms with E-state index in [-0.39, 0.29) is 28.9 Å². The summed E-state index contributed by atoms with van der Waals surface area (Å²) in [4.78, 5) is 9.44. The second-order valence-corrected chi connectivity index (χ2v) is 7.64. The summed E-state index contributed by atoms with van der Waals surface area (Å²) in [6, 6.07) is 5.88. The van der Waals surface area contributed by atoms with Crippen LogP contribution in [0.4, 0.5) is 0 Å². The van der Waals surface area contributed by atoms with Crippen LogP contribution in [0.15, 0.2) is 29.8 Å². The van der Waals surface area contributed by atoms with Crippen molar-refractivity contribution >= 4 is 21.7 Å². The highest BCUT2D eigenvalue weighted by molar-refractivity contribution is 7.87. The van der Waals surface area contributed by atoms with Gasteiger partial charge in [-0.3, -0.25) is 4.79 Å². The van der Waals surface area contributed by atoms with Gasteiger partial charge in [-0.05, 0) is 26.7 Å². The number of benzene rings is 1. The smallest absolute Gasteiger partial charge is 0.244 e. The Kier molecular flexibility index (Phi) is 3.05. The van der Waals surface area contributed by atoms with E-state index < -0.39 is 26.4 Å². The van der Waals surface area contributed by atoms with Gasteiger partial charge in [0, 0.05) is 16.7 Å². The van der Waals surface area contributed by atoms with Gasteiger partial charge in [-0.1, -0.05) is 24.3 Å². The number of ether oxygens (including phenoxy) is 1. The van der Waals surface area contributed by atoms with Crippen LogP contribution < -0.4 is 0 Å². The molecule has 118 valence electrons. The Balaban J connectivity index is 2.34. The minimum Gasteiger partial charge on any atom is -0.745 e. The van der Waals surface area contributed by atoms with Gasteiger partial charge in [0.2, 0.25) is 10.7 Å². The summed E-state index contributed by atoms with van der Waals surface area (Å²) in [6.07, 6.45) is 0.724. The number of fused-ring (bicyclic) bond motifs is 2. The number of carbonyl (C=O) groups excluding carboxylic acids is 1. The molecule has 0 spiro atoms. The molecule has 6 nitrogen and oxygen atoms in total. The van der Waals surface area contributed by atoms with Crippen molar-refractivity contribution in [2.45, 2.75) is 37.2 Å². The quantitative estimate of drug-likeness (QED) is 0.780. The summed E-state index contributed by atoms with van der Waals surface area (Å²) in [5.41, 5.74) is -0.434. The fraction of sp³-hybridized carbons (Fsp3) is 0.400. The number of rotatable bonds is 1. The van der Waals surface area contributed by atoms with Crippen LogP contribution in [0.3, 0.4) is 0 Å². The van der Waals surface area contributed by atoms with Crippen LogP contribution in [0.1, 0.15) is 37.8 Å². The van der Waals surface area contributed by atoms with Gasteiger partial charge in [0.1, 0.15) is 21.5 Å². The number of hydrogen-bond donors (Lipinski definition) is 1. The van der Waals surface area contributed by atoms with Gasteiger partial charge in [0.25, 0.3) is 0 Å². The van der Waals surface area contributed by atoms with Crippen LogP contribution in [0.2, 0.25) is 0 Å². The standard InChI is InChI=1S/C15H16O6S/c1-14(2)8-7-10-12(21-14)9-5-3-4-6-11(9)15(17,13(10)16)22(18,19)20/h3-6,17H,7-8H2,1-2H3,(H,18,19,20)/p-1. The summed E-state index contributed by atoms with van der Waals surface area (Å²) in [7, 11) is -5.30. The van der Waals surface area contributed by atoms with Gasteiger partial charge in [-0.25, -0.2) is 8.42 Å². The molecule has 7 heteroatoms. The summed E-state index contributed by atoms with van der Waals surface area (Å²) < 4.78 is 40.6. The summed E-state index contributed by atoms with van der Waals surface area (Å²) >= 11 is 0. The molecule has 0 fully saturated rings. The minimum atomic E-state index is -5.30. The first-order valence-electron chi connectivity index (χ1n) is 6.82. The van der Waals surface area contributed by atoms with Crippen molar-refractivity contribution in [3.63, 3.8) is 0 Å². The first kappa shape index (κ1) is 15.2. The molecule has 22 heavy (non-hydrogen) atoms. The fourth-order valence-corrected chi connectivity index (χ4v) is 3.71. The normalized spacial score (nSPS) is 27.0. The van der Waals surface area contributed by atoms with E-state index in [0.717, 1.165) is 0 Å². The Labute approximate surface area is 128 Å². The number of aliphatic hydroxyl groups is 1. The van der Waals surface area contributed by atoms with E-state index in [9.17, 15) is 22.9 Å². The first-order valence-corrected chi connectivity index (χ1v) is 8.23. The Morgan fingerprint density at radius 2 is 1.91 bits per heavy atom. The Morgan fingerprint density at radius 3 is 2.55 bits per heavy atom. The topological polar surface area (TPSA) is 104 Å². The fourth-order valence-electron chi connectivity index (χ4n) is 2.91. The highest BCUT2D eigenvalue weighted by atomic mass is 32.2. The Bertz CT molecular complexity index is 805. The SMILES string of the molecule is CC1(C)CCC2=C(O1)c1ccccc1C(O)(S(=O)(=O)[O-])C2=O. The average molecular weight is 323 g/mol. The van der Waals surface area contributed by atoms with E-state index >= 15 is 0 Å². The molecule has 3 rings (SSSR count). The van der Waals surface area contributed by atoms with E-state index in [1.165, 1.54) is 18.2 Å². The average Bonchev–Trinajstić information content (AvgIpc) is 2.42. The zero-order valence-corrected chi connectivity index (χ0v) is 12.9. The predicted octanol–water partition coefficient (Wildman–Crippen LogP) is 1.26. The van der Waals surface area contributed by atoms with Gasteiger partial charge in [0.15, 0.2) is 0 Å². The lowest BCUT2D eigenvalue weighted by Crippen LogP contribution is -2.48. The van der Waals surface area contributed by atoms with Gasteiger partial charge < -0.3 is 14.4 Å². The maximum Gasteiger partial charge on any atom is 0.244 e. The lowest BCUT2D eigenvalue weighted by molar-refractivity contribution is -0.128. The van der Waals surface area contributed by atoms with Crippen molar-refractivity contribution < 1.29 is 27.6 Å². The number of Topliss-reactive ketones (excluding diaryl/α,β-unsaturated/α-hetero) is 1. The van der Waals surface area contributed by atoms with Crippen LogP contribution in [0, 0.1) is 0 Å². The van der Waals surface area contributed by atoms with Gasteiger partial charge in [-0.15, -0.1) is 0 Å². The molecule has 1 heterocycles. The van der Waals surface area contributed by atoms with Crippen molar-refractivity contribution in [2.75, 3.05) is 0 Å². The van der Waals surface area contributed by atoms with E-state index in [0.29, 0.717) is 6.42 Å². The molecule has 1 atom stereocenters. The third kappa shape index (κ3) is 1.93. The van der Waals surface area contributed by atoms with E-state index in [1.807, 2.05) is 13.8 Å². The summed E-state index contributed by atoms with van der Waals surface area (Å²) in [5.74, 6) is -0.850. The highest BCUT2D eigenvalue weighted by Crippen LogP contribution is 2.47. The third-order valence-electron chi connectivity index (χ3n) is 4.11. The van der Waals surface area contributed by atoms with Crippen LogP contribution in [0.25, 0.3) is 5.76 Å². The second-order valence-electron chi connectivity index (χ2n) is 6.14. The number of carbonyl (C=O) groups is 1. The maximum atomic E-state index is 12.5. The summed E-state index contributed by atoms with van der Waals surface area (Å²) in [5, 5.41) is 10.5. The highest BCUT2D eigenvalue weighted by Gasteiger charge is 2.53. The number of ketones is 1. The molecular formula is C15H15O6S-. The largest absolute Gasteiger partial charge is 0.745 e. The van der Waals surface area contributed by atoms with Crippen LogP contribution >= 0.6 is 0 Å². The minimum absolute atomic E-state index is 0.0555. The van der Waals surface area contributed by atoms with Crippen LogP contribution in [-0.4, -0.2) is 29.5 Å². The molecule has 0 radical (unpaired) electrons. The van der Waals surface area contributed by atoms with E-state index in [1.54, 1.807) is 6.07 Å². The molecule has 1 N–H and O–H groups in total. The van der Waals surface area contributed by atoms with Crippen LogP contribution in [-0.2, 0) is 24.6 Å². The monoisotopic (exact) mass is 323 g/mol. The van der Waals surface area contributed by atoms with E-state index in [2.05, 4.69) is 0 Å².